The van der Waals surface area contributed by atoms with Gasteiger partial charge in [0.2, 0.25) is 0 Å². The monoisotopic (exact) mass is 301 g/mol. The number of carbonyl (C=O) groups excluding carboxylic acids is 1. The van der Waals surface area contributed by atoms with Gasteiger partial charge in [-0.15, -0.1) is 0 Å². The zero-order valence-corrected chi connectivity index (χ0v) is 12.2. The molecule has 1 aliphatic carbocycles. The van der Waals surface area contributed by atoms with Gasteiger partial charge in [0.25, 0.3) is 5.91 Å². The Kier molecular flexibility index (Phi) is 4.44. The summed E-state index contributed by atoms with van der Waals surface area (Å²) >= 11 is 0. The van der Waals surface area contributed by atoms with Crippen LogP contribution in [0, 0.1) is 0 Å². The zero-order chi connectivity index (χ0) is 15.4. The van der Waals surface area contributed by atoms with E-state index in [-0.39, 0.29) is 19.1 Å². The largest absolute Gasteiger partial charge is 0.484 e. The van der Waals surface area contributed by atoms with Gasteiger partial charge in [-0.05, 0) is 54.7 Å². The molecule has 22 heavy (non-hydrogen) atoms. The maximum absolute atomic E-state index is 11.9. The lowest BCUT2D eigenvalue weighted by atomic mass is 10.1. The van der Waals surface area contributed by atoms with Crippen molar-refractivity contribution in [2.45, 2.75) is 25.3 Å². The van der Waals surface area contributed by atoms with Crippen LogP contribution in [-0.2, 0) is 17.6 Å². The van der Waals surface area contributed by atoms with Gasteiger partial charge in [0.15, 0.2) is 6.61 Å². The van der Waals surface area contributed by atoms with E-state index in [1.807, 2.05) is 12.1 Å². The molecule has 1 aromatic carbocycles. The molecule has 1 amide bonds. The Morgan fingerprint density at radius 2 is 2.18 bits per heavy atom. The Morgan fingerprint density at radius 1 is 1.32 bits per heavy atom. The molecule has 1 heterocycles. The van der Waals surface area contributed by atoms with E-state index in [0.717, 1.165) is 12.8 Å². The lowest BCUT2D eigenvalue weighted by Crippen LogP contribution is -2.34. The lowest BCUT2D eigenvalue weighted by Gasteiger charge is -2.14. The standard InChI is InChI=1S/C17H19NO4/c19-10-15(16-5-2-8-21-16)18-17(20)11-22-14-7-6-12-3-1-4-13(12)9-14/h2,5-9,15,19H,1,3-4,10-11H2,(H,18,20). The summed E-state index contributed by atoms with van der Waals surface area (Å²) in [4.78, 5) is 11.9. The molecular weight excluding hydrogens is 282 g/mol. The highest BCUT2D eigenvalue weighted by atomic mass is 16.5. The van der Waals surface area contributed by atoms with E-state index in [9.17, 15) is 9.90 Å². The molecule has 5 nitrogen and oxygen atoms in total. The van der Waals surface area contributed by atoms with E-state index < -0.39 is 6.04 Å². The summed E-state index contributed by atoms with van der Waals surface area (Å²) in [6.07, 6.45) is 4.88. The number of hydrogen-bond acceptors (Lipinski definition) is 4. The minimum atomic E-state index is -0.550. The summed E-state index contributed by atoms with van der Waals surface area (Å²) in [5.41, 5.74) is 2.68. The third kappa shape index (κ3) is 3.31. The number of aliphatic hydroxyl groups excluding tert-OH is 1. The topological polar surface area (TPSA) is 71.7 Å². The fraction of sp³-hybridized carbons (Fsp3) is 0.353. The number of carbonyl (C=O) groups is 1. The second-order valence-corrected chi connectivity index (χ2v) is 5.39. The highest BCUT2D eigenvalue weighted by molar-refractivity contribution is 5.78. The van der Waals surface area contributed by atoms with Crippen LogP contribution in [0.2, 0.25) is 0 Å². The van der Waals surface area contributed by atoms with E-state index in [2.05, 4.69) is 11.4 Å². The van der Waals surface area contributed by atoms with Gasteiger partial charge < -0.3 is 19.6 Å². The lowest BCUT2D eigenvalue weighted by molar-refractivity contribution is -0.124. The maximum atomic E-state index is 11.9. The molecule has 116 valence electrons. The summed E-state index contributed by atoms with van der Waals surface area (Å²) in [6.45, 7) is -0.311. The molecule has 3 rings (SSSR count). The van der Waals surface area contributed by atoms with Crippen molar-refractivity contribution >= 4 is 5.91 Å². The molecule has 0 aliphatic heterocycles. The highest BCUT2D eigenvalue weighted by Gasteiger charge is 2.17. The van der Waals surface area contributed by atoms with Crippen LogP contribution in [0.15, 0.2) is 41.0 Å². The number of fused-ring (bicyclic) bond motifs is 1. The smallest absolute Gasteiger partial charge is 0.258 e. The number of furan rings is 1. The number of benzene rings is 1. The Morgan fingerprint density at radius 3 is 2.95 bits per heavy atom. The van der Waals surface area contributed by atoms with Crippen LogP contribution in [0.1, 0.15) is 29.3 Å². The van der Waals surface area contributed by atoms with Crippen molar-refractivity contribution in [3.63, 3.8) is 0 Å². The fourth-order valence-electron chi connectivity index (χ4n) is 2.72. The van der Waals surface area contributed by atoms with Crippen LogP contribution >= 0.6 is 0 Å². The van der Waals surface area contributed by atoms with Crippen molar-refractivity contribution in [3.05, 3.63) is 53.5 Å². The van der Waals surface area contributed by atoms with Crippen molar-refractivity contribution in [1.82, 2.24) is 5.32 Å². The molecule has 0 saturated heterocycles. The number of nitrogens with one attached hydrogen (secondary N) is 1. The first-order valence-electron chi connectivity index (χ1n) is 7.44. The van der Waals surface area contributed by atoms with Crippen molar-refractivity contribution in [2.75, 3.05) is 13.2 Å². The molecular formula is C17H19NO4. The third-order valence-corrected chi connectivity index (χ3v) is 3.84. The molecule has 5 heteroatoms. The van der Waals surface area contributed by atoms with Crippen molar-refractivity contribution in [3.8, 4) is 5.75 Å². The molecule has 0 fully saturated rings. The van der Waals surface area contributed by atoms with Crippen molar-refractivity contribution in [1.29, 1.82) is 0 Å². The van der Waals surface area contributed by atoms with Crippen LogP contribution < -0.4 is 10.1 Å². The Bertz CT molecular complexity index is 636. The van der Waals surface area contributed by atoms with Crippen LogP contribution in [0.5, 0.6) is 5.75 Å². The normalized spacial score (nSPS) is 14.4. The van der Waals surface area contributed by atoms with Gasteiger partial charge in [0, 0.05) is 0 Å². The maximum Gasteiger partial charge on any atom is 0.258 e. The molecule has 0 spiro atoms. The van der Waals surface area contributed by atoms with E-state index in [1.54, 1.807) is 12.1 Å². The third-order valence-electron chi connectivity index (χ3n) is 3.84. The van der Waals surface area contributed by atoms with Gasteiger partial charge in [0.1, 0.15) is 17.6 Å². The molecule has 1 aromatic heterocycles. The van der Waals surface area contributed by atoms with Crippen LogP contribution in [-0.4, -0.2) is 24.2 Å². The molecule has 1 atom stereocenters. The van der Waals surface area contributed by atoms with Gasteiger partial charge in [0.05, 0.1) is 12.9 Å². The Hall–Kier alpha value is -2.27. The number of hydrogen-bond donors (Lipinski definition) is 2. The second kappa shape index (κ2) is 6.66. The average molecular weight is 301 g/mol. The minimum absolute atomic E-state index is 0.0873. The molecule has 0 bridgehead atoms. The summed E-state index contributed by atoms with van der Waals surface area (Å²) < 4.78 is 10.7. The number of amides is 1. The molecule has 2 N–H and O–H groups in total. The zero-order valence-electron chi connectivity index (χ0n) is 12.2. The number of ether oxygens (including phenoxy) is 1. The van der Waals surface area contributed by atoms with E-state index >= 15 is 0 Å². The van der Waals surface area contributed by atoms with Crippen molar-refractivity contribution < 1.29 is 19.1 Å². The van der Waals surface area contributed by atoms with Gasteiger partial charge in [-0.3, -0.25) is 4.79 Å². The number of rotatable bonds is 6. The fourth-order valence-corrected chi connectivity index (χ4v) is 2.72. The molecule has 1 unspecified atom stereocenters. The van der Waals surface area contributed by atoms with E-state index in [1.165, 1.54) is 23.8 Å². The minimum Gasteiger partial charge on any atom is -0.484 e. The van der Waals surface area contributed by atoms with Gasteiger partial charge >= 0.3 is 0 Å². The van der Waals surface area contributed by atoms with Crippen LogP contribution in [0.25, 0.3) is 0 Å². The molecule has 0 radical (unpaired) electrons. The predicted molar refractivity (Wildman–Crippen MR) is 80.6 cm³/mol. The summed E-state index contributed by atoms with van der Waals surface area (Å²) in [7, 11) is 0. The number of aliphatic hydroxyl groups is 1. The Balaban J connectivity index is 1.54. The predicted octanol–water partition coefficient (Wildman–Crippen LogP) is 2.00. The first-order chi connectivity index (χ1) is 10.8. The van der Waals surface area contributed by atoms with E-state index in [0.29, 0.717) is 11.5 Å². The van der Waals surface area contributed by atoms with Crippen LogP contribution in [0.4, 0.5) is 0 Å². The van der Waals surface area contributed by atoms with E-state index in [4.69, 9.17) is 9.15 Å². The Labute approximate surface area is 128 Å². The van der Waals surface area contributed by atoms with Crippen LogP contribution in [0.3, 0.4) is 0 Å². The molecule has 1 aliphatic rings. The average Bonchev–Trinajstić information content (AvgIpc) is 3.21. The SMILES string of the molecule is O=C(COc1ccc2c(c1)CCC2)NC(CO)c1ccco1. The quantitative estimate of drug-likeness (QED) is 0.856. The molecule has 0 saturated carbocycles. The van der Waals surface area contributed by atoms with Gasteiger partial charge in [-0.25, -0.2) is 0 Å². The second-order valence-electron chi connectivity index (χ2n) is 5.39. The number of aryl methyl sites for hydroxylation is 2. The summed E-state index contributed by atoms with van der Waals surface area (Å²) in [5, 5.41) is 12.0. The first-order valence-corrected chi connectivity index (χ1v) is 7.44. The first kappa shape index (κ1) is 14.7. The van der Waals surface area contributed by atoms with Gasteiger partial charge in [-0.2, -0.15) is 0 Å². The molecule has 2 aromatic rings. The summed E-state index contributed by atoms with van der Waals surface area (Å²) in [6, 6.07) is 8.84. The summed E-state index contributed by atoms with van der Waals surface area (Å²) in [5.74, 6) is 0.929. The van der Waals surface area contributed by atoms with Crippen molar-refractivity contribution in [2.24, 2.45) is 0 Å². The highest BCUT2D eigenvalue weighted by Crippen LogP contribution is 2.26. The van der Waals surface area contributed by atoms with Gasteiger partial charge in [-0.1, -0.05) is 6.07 Å².